The average molecular weight is 319 g/mol. The highest BCUT2D eigenvalue weighted by atomic mass is 16.5. The molecule has 0 heterocycles. The molecule has 0 bridgehead atoms. The van der Waals surface area contributed by atoms with Crippen molar-refractivity contribution in [3.63, 3.8) is 0 Å². The van der Waals surface area contributed by atoms with Crippen LogP contribution in [0.5, 0.6) is 5.75 Å². The maximum atomic E-state index is 12.7. The summed E-state index contributed by atoms with van der Waals surface area (Å²) in [5.74, 6) is 1.30. The summed E-state index contributed by atoms with van der Waals surface area (Å²) in [5.41, 5.74) is 0.0879. The number of amides is 1. The van der Waals surface area contributed by atoms with Crippen molar-refractivity contribution in [1.82, 2.24) is 0 Å². The lowest BCUT2D eigenvalue weighted by Gasteiger charge is -2.37. The Morgan fingerprint density at radius 2 is 2.09 bits per heavy atom. The molecule has 3 atom stereocenters. The first-order chi connectivity index (χ1) is 11.0. The van der Waals surface area contributed by atoms with Crippen LogP contribution in [-0.2, 0) is 9.53 Å². The zero-order chi connectivity index (χ0) is 16.9. The van der Waals surface area contributed by atoms with Gasteiger partial charge >= 0.3 is 0 Å². The van der Waals surface area contributed by atoms with E-state index in [1.165, 1.54) is 6.42 Å². The Balaban J connectivity index is 2.01. The number of carbonyl (C=O) groups excluding carboxylic acids is 1. The molecule has 1 fully saturated rings. The van der Waals surface area contributed by atoms with Crippen molar-refractivity contribution in [2.24, 2.45) is 5.92 Å². The molecule has 23 heavy (non-hydrogen) atoms. The van der Waals surface area contributed by atoms with Crippen molar-refractivity contribution in [2.75, 3.05) is 12.4 Å². The summed E-state index contributed by atoms with van der Waals surface area (Å²) in [6.45, 7) is 6.32. The van der Waals surface area contributed by atoms with Crippen molar-refractivity contribution < 1.29 is 14.3 Å². The number of carbonyl (C=O) groups is 1. The van der Waals surface area contributed by atoms with Crippen LogP contribution in [0.4, 0.5) is 5.69 Å². The predicted molar refractivity (Wildman–Crippen MR) is 92.8 cm³/mol. The van der Waals surface area contributed by atoms with Gasteiger partial charge in [-0.25, -0.2) is 0 Å². The zero-order valence-corrected chi connectivity index (χ0v) is 14.7. The first-order valence-corrected chi connectivity index (χ1v) is 8.62. The second kappa shape index (κ2) is 7.82. The monoisotopic (exact) mass is 319 g/mol. The second-order valence-electron chi connectivity index (χ2n) is 6.72. The van der Waals surface area contributed by atoms with Gasteiger partial charge in [0.2, 0.25) is 0 Å². The number of rotatable bonds is 6. The average Bonchev–Trinajstić information content (AvgIpc) is 2.56. The summed E-state index contributed by atoms with van der Waals surface area (Å²) in [7, 11) is 1.64. The normalized spacial score (nSPS) is 25.7. The van der Waals surface area contributed by atoms with Crippen LogP contribution < -0.4 is 10.1 Å². The van der Waals surface area contributed by atoms with Gasteiger partial charge in [-0.2, -0.15) is 0 Å². The molecule has 4 heteroatoms. The minimum absolute atomic E-state index is 0.0397. The molecule has 1 aliphatic rings. The fraction of sp³-hybridized carbons (Fsp3) is 0.632. The molecule has 4 nitrogen and oxygen atoms in total. The molecule has 1 aliphatic carbocycles. The Labute approximate surface area is 139 Å². The van der Waals surface area contributed by atoms with Gasteiger partial charge in [0.1, 0.15) is 11.4 Å². The molecule has 1 amide bonds. The summed E-state index contributed by atoms with van der Waals surface area (Å²) < 4.78 is 11.4. The van der Waals surface area contributed by atoms with E-state index < -0.39 is 5.60 Å². The quantitative estimate of drug-likeness (QED) is 0.845. The fourth-order valence-corrected chi connectivity index (χ4v) is 3.16. The molecule has 128 valence electrons. The molecule has 2 rings (SSSR count). The Morgan fingerprint density at radius 1 is 1.39 bits per heavy atom. The summed E-state index contributed by atoms with van der Waals surface area (Å²) in [4.78, 5) is 12.7. The number of ether oxygens (including phenoxy) is 2. The minimum atomic E-state index is -0.691. The predicted octanol–water partition coefficient (Wildman–Crippen LogP) is 4.40. The second-order valence-corrected chi connectivity index (χ2v) is 6.72. The van der Waals surface area contributed by atoms with E-state index in [0.29, 0.717) is 5.92 Å². The van der Waals surface area contributed by atoms with Crippen LogP contribution in [0.15, 0.2) is 24.3 Å². The molecule has 1 aromatic carbocycles. The van der Waals surface area contributed by atoms with Crippen LogP contribution in [-0.4, -0.2) is 24.7 Å². The summed E-state index contributed by atoms with van der Waals surface area (Å²) in [6, 6.07) is 7.55. The first-order valence-electron chi connectivity index (χ1n) is 8.62. The van der Waals surface area contributed by atoms with Crippen LogP contribution in [0, 0.1) is 5.92 Å². The van der Waals surface area contributed by atoms with Crippen molar-refractivity contribution in [2.45, 2.75) is 64.6 Å². The van der Waals surface area contributed by atoms with Gasteiger partial charge in [0.25, 0.3) is 5.91 Å². The van der Waals surface area contributed by atoms with Gasteiger partial charge < -0.3 is 14.8 Å². The molecule has 1 aromatic rings. The highest BCUT2D eigenvalue weighted by Crippen LogP contribution is 2.35. The van der Waals surface area contributed by atoms with Gasteiger partial charge in [-0.05, 0) is 62.8 Å². The topological polar surface area (TPSA) is 47.6 Å². The number of methoxy groups -OCH3 is 1. The van der Waals surface area contributed by atoms with Gasteiger partial charge in [-0.1, -0.05) is 20.3 Å². The van der Waals surface area contributed by atoms with E-state index in [0.717, 1.165) is 37.1 Å². The molecule has 1 saturated carbocycles. The van der Waals surface area contributed by atoms with Gasteiger partial charge in [0, 0.05) is 12.8 Å². The minimum Gasteiger partial charge on any atom is -0.491 e. The van der Waals surface area contributed by atoms with Crippen LogP contribution in [0.25, 0.3) is 0 Å². The zero-order valence-electron chi connectivity index (χ0n) is 14.7. The smallest absolute Gasteiger partial charge is 0.256 e. The van der Waals surface area contributed by atoms with E-state index in [-0.39, 0.29) is 12.0 Å². The van der Waals surface area contributed by atoms with Crippen molar-refractivity contribution >= 4 is 11.6 Å². The number of benzene rings is 1. The van der Waals surface area contributed by atoms with Crippen LogP contribution in [0.2, 0.25) is 0 Å². The highest BCUT2D eigenvalue weighted by molar-refractivity contribution is 5.97. The van der Waals surface area contributed by atoms with Crippen molar-refractivity contribution in [3.8, 4) is 5.75 Å². The van der Waals surface area contributed by atoms with E-state index >= 15 is 0 Å². The van der Waals surface area contributed by atoms with E-state index in [9.17, 15) is 4.79 Å². The standard InChI is InChI=1S/C19H29NO3/c1-5-15(3)23-17-10-8-16(9-11-17)20-18(21)19(22-4)12-6-7-14(2)13-19/h8-11,14-15H,5-7,12-13H2,1-4H3,(H,20,21). The molecule has 3 unspecified atom stereocenters. The van der Waals surface area contributed by atoms with Gasteiger partial charge in [-0.3, -0.25) is 4.79 Å². The van der Waals surface area contributed by atoms with E-state index in [4.69, 9.17) is 9.47 Å². The van der Waals surface area contributed by atoms with Gasteiger partial charge in [0.15, 0.2) is 0 Å². The number of anilines is 1. The van der Waals surface area contributed by atoms with Crippen molar-refractivity contribution in [1.29, 1.82) is 0 Å². The Kier molecular flexibility index (Phi) is 6.05. The molecule has 0 saturated heterocycles. The van der Waals surface area contributed by atoms with E-state index in [2.05, 4.69) is 19.2 Å². The largest absolute Gasteiger partial charge is 0.491 e. The van der Waals surface area contributed by atoms with Gasteiger partial charge in [0.05, 0.1) is 6.10 Å². The number of hydrogen-bond acceptors (Lipinski definition) is 3. The lowest BCUT2D eigenvalue weighted by atomic mass is 9.78. The Hall–Kier alpha value is -1.55. The third kappa shape index (κ3) is 4.47. The molecule has 1 N–H and O–H groups in total. The third-order valence-corrected chi connectivity index (χ3v) is 4.78. The molecular formula is C19H29NO3. The van der Waals surface area contributed by atoms with Gasteiger partial charge in [-0.15, -0.1) is 0 Å². The maximum Gasteiger partial charge on any atom is 0.256 e. The van der Waals surface area contributed by atoms with Crippen LogP contribution in [0.3, 0.4) is 0 Å². The maximum absolute atomic E-state index is 12.7. The summed E-state index contributed by atoms with van der Waals surface area (Å²) in [5, 5.41) is 3.00. The fourth-order valence-electron chi connectivity index (χ4n) is 3.16. The van der Waals surface area contributed by atoms with E-state index in [1.807, 2.05) is 31.2 Å². The first kappa shape index (κ1) is 17.8. The Bertz CT molecular complexity index is 514. The summed E-state index contributed by atoms with van der Waals surface area (Å²) in [6.07, 6.45) is 4.92. The number of hydrogen-bond donors (Lipinski definition) is 1. The molecule has 0 spiro atoms. The van der Waals surface area contributed by atoms with Crippen molar-refractivity contribution in [3.05, 3.63) is 24.3 Å². The highest BCUT2D eigenvalue weighted by Gasteiger charge is 2.41. The molecule has 0 radical (unpaired) electrons. The third-order valence-electron chi connectivity index (χ3n) is 4.78. The Morgan fingerprint density at radius 3 is 2.65 bits per heavy atom. The number of nitrogens with one attached hydrogen (secondary N) is 1. The SMILES string of the molecule is CCC(C)Oc1ccc(NC(=O)C2(OC)CCCC(C)C2)cc1. The lowest BCUT2D eigenvalue weighted by Crippen LogP contribution is -2.47. The van der Waals surface area contributed by atoms with Crippen LogP contribution in [0.1, 0.15) is 52.9 Å². The molecule has 0 aromatic heterocycles. The lowest BCUT2D eigenvalue weighted by molar-refractivity contribution is -0.143. The molecular weight excluding hydrogens is 290 g/mol. The van der Waals surface area contributed by atoms with Crippen LogP contribution >= 0.6 is 0 Å². The van der Waals surface area contributed by atoms with E-state index in [1.54, 1.807) is 7.11 Å². The molecule has 0 aliphatic heterocycles. The summed E-state index contributed by atoms with van der Waals surface area (Å²) >= 11 is 0.